The Kier molecular flexibility index (Phi) is 5.25. The Hall–Kier alpha value is -2.52. The maximum atomic E-state index is 12.4. The van der Waals surface area contributed by atoms with E-state index in [1.165, 1.54) is 5.39 Å². The topological polar surface area (TPSA) is 38.3 Å². The van der Waals surface area contributed by atoms with Gasteiger partial charge in [0.1, 0.15) is 5.75 Å². The fraction of sp³-hybridized carbons (Fsp3) is 0.190. The van der Waals surface area contributed by atoms with Crippen LogP contribution in [0.5, 0.6) is 5.75 Å². The first kappa shape index (κ1) is 17.3. The van der Waals surface area contributed by atoms with E-state index in [1.807, 2.05) is 25.1 Å². The predicted molar refractivity (Wildman–Crippen MR) is 102 cm³/mol. The highest BCUT2D eigenvalue weighted by molar-refractivity contribution is 6.30. The highest BCUT2D eigenvalue weighted by atomic mass is 35.5. The molecule has 2 atom stereocenters. The van der Waals surface area contributed by atoms with Crippen LogP contribution < -0.4 is 10.1 Å². The van der Waals surface area contributed by atoms with Crippen LogP contribution in [0.4, 0.5) is 0 Å². The van der Waals surface area contributed by atoms with Gasteiger partial charge in [-0.25, -0.2) is 0 Å². The number of fused-ring (bicyclic) bond motifs is 1. The van der Waals surface area contributed by atoms with Crippen molar-refractivity contribution in [1.82, 2.24) is 5.32 Å². The third kappa shape index (κ3) is 4.31. The normalized spacial score (nSPS) is 13.2. The Morgan fingerprint density at radius 2 is 1.64 bits per heavy atom. The van der Waals surface area contributed by atoms with Gasteiger partial charge in [0.05, 0.1) is 6.04 Å². The van der Waals surface area contributed by atoms with E-state index in [2.05, 4.69) is 29.6 Å². The monoisotopic (exact) mass is 353 g/mol. The van der Waals surface area contributed by atoms with E-state index in [0.29, 0.717) is 10.8 Å². The number of hydrogen-bond donors (Lipinski definition) is 1. The molecule has 1 N–H and O–H groups in total. The Morgan fingerprint density at radius 1 is 0.960 bits per heavy atom. The molecule has 0 aliphatic heterocycles. The summed E-state index contributed by atoms with van der Waals surface area (Å²) in [5.41, 5.74) is 1.06. The van der Waals surface area contributed by atoms with Crippen molar-refractivity contribution < 1.29 is 9.53 Å². The molecule has 25 heavy (non-hydrogen) atoms. The first-order valence-electron chi connectivity index (χ1n) is 8.24. The minimum Gasteiger partial charge on any atom is -0.481 e. The Balaban J connectivity index is 1.65. The number of benzene rings is 3. The summed E-state index contributed by atoms with van der Waals surface area (Å²) >= 11 is 5.85. The van der Waals surface area contributed by atoms with Crippen LogP contribution in [0.15, 0.2) is 66.7 Å². The lowest BCUT2D eigenvalue weighted by molar-refractivity contribution is -0.127. The molecule has 0 aromatic heterocycles. The lowest BCUT2D eigenvalue weighted by atomic mass is 10.0. The Labute approximate surface area is 152 Å². The minimum atomic E-state index is -0.593. The summed E-state index contributed by atoms with van der Waals surface area (Å²) in [6.45, 7) is 3.70. The molecule has 0 saturated heterocycles. The summed E-state index contributed by atoms with van der Waals surface area (Å²) < 4.78 is 5.67. The number of nitrogens with one attached hydrogen (secondary N) is 1. The number of carbonyl (C=O) groups is 1. The number of amides is 1. The van der Waals surface area contributed by atoms with Gasteiger partial charge < -0.3 is 10.1 Å². The molecular formula is C21H20ClNO2. The molecule has 128 valence electrons. The molecule has 0 spiro atoms. The molecule has 3 aromatic rings. The van der Waals surface area contributed by atoms with Crippen molar-refractivity contribution >= 4 is 28.3 Å². The lowest BCUT2D eigenvalue weighted by Crippen LogP contribution is -2.37. The second kappa shape index (κ2) is 7.58. The molecule has 0 aliphatic rings. The standard InChI is InChI=1S/C21H20ClNO2/c1-14(17-8-7-16-5-3-4-6-18(16)13-17)23-21(24)15(2)25-20-11-9-19(22)10-12-20/h3-15H,1-2H3,(H,23,24)/t14-,15-/m0/s1. The Morgan fingerprint density at radius 3 is 2.36 bits per heavy atom. The van der Waals surface area contributed by atoms with Gasteiger partial charge in [-0.1, -0.05) is 48.0 Å². The summed E-state index contributed by atoms with van der Waals surface area (Å²) in [4.78, 5) is 12.4. The quantitative estimate of drug-likeness (QED) is 0.689. The maximum Gasteiger partial charge on any atom is 0.261 e. The molecule has 0 unspecified atom stereocenters. The SMILES string of the molecule is C[C@H](Oc1ccc(Cl)cc1)C(=O)N[C@@H](C)c1ccc2ccccc2c1. The molecular weight excluding hydrogens is 334 g/mol. The van der Waals surface area contributed by atoms with Crippen molar-refractivity contribution in [3.05, 3.63) is 77.3 Å². The number of halogens is 1. The molecule has 3 nitrogen and oxygen atoms in total. The van der Waals surface area contributed by atoms with Crippen LogP contribution in [0.2, 0.25) is 5.02 Å². The van der Waals surface area contributed by atoms with E-state index < -0.39 is 6.10 Å². The maximum absolute atomic E-state index is 12.4. The lowest BCUT2D eigenvalue weighted by Gasteiger charge is -2.19. The van der Waals surface area contributed by atoms with E-state index >= 15 is 0 Å². The van der Waals surface area contributed by atoms with Crippen LogP contribution in [0.3, 0.4) is 0 Å². The molecule has 0 heterocycles. The van der Waals surface area contributed by atoms with E-state index in [-0.39, 0.29) is 11.9 Å². The van der Waals surface area contributed by atoms with E-state index in [0.717, 1.165) is 10.9 Å². The van der Waals surface area contributed by atoms with E-state index in [4.69, 9.17) is 16.3 Å². The highest BCUT2D eigenvalue weighted by Gasteiger charge is 2.18. The molecule has 1 amide bonds. The average molecular weight is 354 g/mol. The third-order valence-corrected chi connectivity index (χ3v) is 4.38. The molecule has 3 rings (SSSR count). The number of ether oxygens (including phenoxy) is 1. The fourth-order valence-corrected chi connectivity index (χ4v) is 2.79. The fourth-order valence-electron chi connectivity index (χ4n) is 2.66. The minimum absolute atomic E-state index is 0.103. The van der Waals surface area contributed by atoms with Crippen LogP contribution in [-0.2, 0) is 4.79 Å². The third-order valence-electron chi connectivity index (χ3n) is 4.13. The molecule has 0 fully saturated rings. The summed E-state index contributed by atoms with van der Waals surface area (Å²) in [5.74, 6) is 0.459. The average Bonchev–Trinajstić information content (AvgIpc) is 2.63. The second-order valence-electron chi connectivity index (χ2n) is 6.05. The van der Waals surface area contributed by atoms with Crippen LogP contribution in [0.25, 0.3) is 10.8 Å². The molecule has 0 saturated carbocycles. The summed E-state index contributed by atoms with van der Waals surface area (Å²) in [6, 6.07) is 21.2. The zero-order valence-corrected chi connectivity index (χ0v) is 15.0. The van der Waals surface area contributed by atoms with Crippen molar-refractivity contribution in [2.45, 2.75) is 26.0 Å². The van der Waals surface area contributed by atoms with Gasteiger partial charge in [0.15, 0.2) is 6.10 Å². The Bertz CT molecular complexity index is 876. The van der Waals surface area contributed by atoms with Gasteiger partial charge in [-0.15, -0.1) is 0 Å². The van der Waals surface area contributed by atoms with Crippen LogP contribution in [0, 0.1) is 0 Å². The first-order chi connectivity index (χ1) is 12.0. The number of rotatable bonds is 5. The molecule has 0 aliphatic carbocycles. The van der Waals surface area contributed by atoms with Gasteiger partial charge in [-0.3, -0.25) is 4.79 Å². The molecule has 4 heteroatoms. The van der Waals surface area contributed by atoms with E-state index in [9.17, 15) is 4.79 Å². The zero-order valence-electron chi connectivity index (χ0n) is 14.2. The number of hydrogen-bond acceptors (Lipinski definition) is 2. The second-order valence-corrected chi connectivity index (χ2v) is 6.49. The molecule has 0 bridgehead atoms. The van der Waals surface area contributed by atoms with Crippen molar-refractivity contribution in [2.75, 3.05) is 0 Å². The molecule has 3 aromatic carbocycles. The zero-order chi connectivity index (χ0) is 17.8. The van der Waals surface area contributed by atoms with E-state index in [1.54, 1.807) is 31.2 Å². The molecule has 0 radical (unpaired) electrons. The van der Waals surface area contributed by atoms with Crippen molar-refractivity contribution in [3.63, 3.8) is 0 Å². The summed E-state index contributed by atoms with van der Waals surface area (Å²) in [5, 5.41) is 5.98. The summed E-state index contributed by atoms with van der Waals surface area (Å²) in [7, 11) is 0. The van der Waals surface area contributed by atoms with Gasteiger partial charge in [0.25, 0.3) is 5.91 Å². The largest absolute Gasteiger partial charge is 0.481 e. The van der Waals surface area contributed by atoms with Gasteiger partial charge in [-0.2, -0.15) is 0 Å². The smallest absolute Gasteiger partial charge is 0.261 e. The van der Waals surface area contributed by atoms with Crippen LogP contribution in [-0.4, -0.2) is 12.0 Å². The predicted octanol–water partition coefficient (Wildman–Crippen LogP) is 5.14. The van der Waals surface area contributed by atoms with Gasteiger partial charge in [0.2, 0.25) is 0 Å². The van der Waals surface area contributed by atoms with Crippen molar-refractivity contribution in [2.24, 2.45) is 0 Å². The first-order valence-corrected chi connectivity index (χ1v) is 8.62. The van der Waals surface area contributed by atoms with Gasteiger partial charge in [0, 0.05) is 5.02 Å². The van der Waals surface area contributed by atoms with Gasteiger partial charge in [-0.05, 0) is 60.5 Å². The van der Waals surface area contributed by atoms with Crippen molar-refractivity contribution in [3.8, 4) is 5.75 Å². The van der Waals surface area contributed by atoms with Crippen LogP contribution >= 0.6 is 11.6 Å². The number of carbonyl (C=O) groups excluding carboxylic acids is 1. The van der Waals surface area contributed by atoms with Crippen LogP contribution in [0.1, 0.15) is 25.5 Å². The summed E-state index contributed by atoms with van der Waals surface area (Å²) in [6.07, 6.45) is -0.593. The van der Waals surface area contributed by atoms with Crippen molar-refractivity contribution in [1.29, 1.82) is 0 Å². The highest BCUT2D eigenvalue weighted by Crippen LogP contribution is 2.21. The van der Waals surface area contributed by atoms with Gasteiger partial charge >= 0.3 is 0 Å².